The van der Waals surface area contributed by atoms with Gasteiger partial charge >= 0.3 is 7.82 Å². The Morgan fingerprint density at radius 2 is 1.59 bits per heavy atom. The lowest BCUT2D eigenvalue weighted by Gasteiger charge is -2.31. The number of hydrogen-bond acceptors (Lipinski definition) is 7. The van der Waals surface area contributed by atoms with E-state index in [1.807, 2.05) is 0 Å². The smallest absolute Gasteiger partial charge is 0.477 e. The first-order chi connectivity index (χ1) is 18.2. The van der Waals surface area contributed by atoms with Gasteiger partial charge in [0.1, 0.15) is 24.0 Å². The van der Waals surface area contributed by atoms with E-state index in [9.17, 15) is 9.36 Å². The third-order valence-electron chi connectivity index (χ3n) is 5.83. The van der Waals surface area contributed by atoms with E-state index in [1.165, 1.54) is 16.7 Å². The molecule has 0 amide bonds. The van der Waals surface area contributed by atoms with Crippen molar-refractivity contribution in [3.05, 3.63) is 58.6 Å². The van der Waals surface area contributed by atoms with Gasteiger partial charge in [-0.2, -0.15) is 0 Å². The van der Waals surface area contributed by atoms with Crippen LogP contribution in [0.15, 0.2) is 47.4 Å². The molecule has 0 radical (unpaired) electrons. The molecule has 1 heterocycles. The van der Waals surface area contributed by atoms with Crippen LogP contribution in [0.1, 0.15) is 54.4 Å². The first-order valence-electron chi connectivity index (χ1n) is 13.0. The molecule has 1 aliphatic rings. The Hall–Kier alpha value is -2.71. The van der Waals surface area contributed by atoms with Crippen LogP contribution in [0, 0.1) is 11.7 Å². The number of phosphoric acid groups is 1. The van der Waals surface area contributed by atoms with Gasteiger partial charge in [0.25, 0.3) is 0 Å². The third kappa shape index (κ3) is 7.48. The second-order valence-corrected chi connectivity index (χ2v) is 13.2. The number of halogens is 1. The van der Waals surface area contributed by atoms with Crippen LogP contribution in [0.3, 0.4) is 0 Å². The van der Waals surface area contributed by atoms with Crippen molar-refractivity contribution < 1.29 is 32.0 Å². The predicted octanol–water partition coefficient (Wildman–Crippen LogP) is 7.32. The minimum atomic E-state index is -4.11. The summed E-state index contributed by atoms with van der Waals surface area (Å²) >= 11 is 0. The molecule has 2 aromatic carbocycles. The molecule has 0 aliphatic heterocycles. The molecule has 10 heteroatoms. The number of aromatic nitrogens is 1. The summed E-state index contributed by atoms with van der Waals surface area (Å²) in [5.74, 6) is 0.687. The largest absolute Gasteiger partial charge is 0.497 e. The lowest BCUT2D eigenvalue weighted by molar-refractivity contribution is -0.00573. The van der Waals surface area contributed by atoms with Crippen molar-refractivity contribution in [1.29, 1.82) is 0 Å². The number of phosphoric ester groups is 1. The molecular weight excluding hydrogens is 524 g/mol. The molecular formula is C29H37FNO7P. The van der Waals surface area contributed by atoms with E-state index < -0.39 is 30.3 Å². The molecule has 0 saturated heterocycles. The van der Waals surface area contributed by atoms with Gasteiger partial charge in [0.2, 0.25) is 0 Å². The van der Waals surface area contributed by atoms with E-state index in [0.717, 1.165) is 12.8 Å². The number of ether oxygens (including phenoxy) is 2. The Bertz CT molecular complexity index is 1410. The summed E-state index contributed by atoms with van der Waals surface area (Å²) < 4.78 is 59.2. The summed E-state index contributed by atoms with van der Waals surface area (Å²) in [5, 5.41) is -0.150. The molecule has 39 heavy (non-hydrogen) atoms. The van der Waals surface area contributed by atoms with Crippen LogP contribution in [-0.2, 0) is 24.9 Å². The second kappa shape index (κ2) is 11.0. The van der Waals surface area contributed by atoms with Gasteiger partial charge in [0.15, 0.2) is 5.43 Å². The Morgan fingerprint density at radius 3 is 2.13 bits per heavy atom. The molecule has 212 valence electrons. The maximum Gasteiger partial charge on any atom is 0.477 e. The van der Waals surface area contributed by atoms with Crippen molar-refractivity contribution in [2.45, 2.75) is 72.3 Å². The summed E-state index contributed by atoms with van der Waals surface area (Å²) in [6.45, 7) is 10.5. The highest BCUT2D eigenvalue weighted by atomic mass is 31.2. The molecule has 1 saturated carbocycles. The van der Waals surface area contributed by atoms with Gasteiger partial charge < -0.3 is 14.0 Å². The fourth-order valence-electron chi connectivity index (χ4n) is 4.02. The van der Waals surface area contributed by atoms with Gasteiger partial charge in [-0.15, -0.1) is 0 Å². The molecule has 1 aliphatic carbocycles. The van der Waals surface area contributed by atoms with Crippen LogP contribution >= 0.6 is 7.82 Å². The number of nitrogens with zero attached hydrogens (tertiary/aromatic N) is 1. The topological polar surface area (TPSA) is 85.2 Å². The average Bonchev–Trinajstić information content (AvgIpc) is 3.65. The van der Waals surface area contributed by atoms with Gasteiger partial charge in [0, 0.05) is 11.8 Å². The van der Waals surface area contributed by atoms with E-state index in [2.05, 4.69) is 0 Å². The average molecular weight is 562 g/mol. The summed E-state index contributed by atoms with van der Waals surface area (Å²) in [5.41, 5.74) is -1.19. The molecule has 0 spiro atoms. The lowest BCUT2D eigenvalue weighted by Crippen LogP contribution is -2.25. The van der Waals surface area contributed by atoms with Crippen LogP contribution in [0.5, 0.6) is 11.5 Å². The van der Waals surface area contributed by atoms with Crippen molar-refractivity contribution >= 4 is 18.7 Å². The molecule has 1 fully saturated rings. The van der Waals surface area contributed by atoms with Crippen LogP contribution in [0.2, 0.25) is 0 Å². The van der Waals surface area contributed by atoms with Crippen LogP contribution in [0.4, 0.5) is 4.39 Å². The number of rotatable bonds is 10. The predicted molar refractivity (Wildman–Crippen MR) is 149 cm³/mol. The van der Waals surface area contributed by atoms with Crippen molar-refractivity contribution in [1.82, 2.24) is 4.57 Å². The highest BCUT2D eigenvalue weighted by Crippen LogP contribution is 2.55. The Kier molecular flexibility index (Phi) is 8.29. The molecule has 0 atom stereocenters. The summed E-state index contributed by atoms with van der Waals surface area (Å²) in [7, 11) is -2.57. The maximum atomic E-state index is 15.3. The number of benzene rings is 2. The normalized spacial score (nSPS) is 14.6. The van der Waals surface area contributed by atoms with Crippen LogP contribution in [0.25, 0.3) is 22.0 Å². The number of fused-ring (bicyclic) bond motifs is 1. The summed E-state index contributed by atoms with van der Waals surface area (Å²) in [6, 6.07) is 9.59. The van der Waals surface area contributed by atoms with Gasteiger partial charge in [-0.1, -0.05) is 12.1 Å². The van der Waals surface area contributed by atoms with E-state index >= 15 is 4.39 Å². The highest BCUT2D eigenvalue weighted by molar-refractivity contribution is 7.48. The van der Waals surface area contributed by atoms with Crippen molar-refractivity contribution in [3.63, 3.8) is 0 Å². The fourth-order valence-corrected chi connectivity index (χ4v) is 5.77. The SMILES string of the molecule is COc1ccc(-c2cn(COP(=O)(OC(C)(C)C)OC(C)(C)C)c3c(OCC4CC4)ccc(F)c3c2=O)cc1. The van der Waals surface area contributed by atoms with Crippen LogP contribution in [-0.4, -0.2) is 29.5 Å². The zero-order chi connectivity index (χ0) is 28.6. The summed E-state index contributed by atoms with van der Waals surface area (Å²) in [4.78, 5) is 13.7. The monoisotopic (exact) mass is 561 g/mol. The number of methoxy groups -OCH3 is 1. The molecule has 4 rings (SSSR count). The molecule has 8 nitrogen and oxygen atoms in total. The standard InChI is InChI=1S/C29H37FNO7P/c1-28(2,3)37-39(33,38-29(4,5)6)36-18-31-16-22(20-10-12-21(34-7)13-11-20)27(32)25-23(30)14-15-24(26(25)31)35-17-19-8-9-19/h10-16,19H,8-9,17-18H2,1-7H3. The third-order valence-corrected chi connectivity index (χ3v) is 7.81. The van der Waals surface area contributed by atoms with Crippen LogP contribution < -0.4 is 14.9 Å². The Labute approximate surface area is 228 Å². The van der Waals surface area contributed by atoms with Gasteiger partial charge in [0.05, 0.1) is 35.8 Å². The molecule has 0 N–H and O–H groups in total. The Morgan fingerprint density at radius 1 is 0.974 bits per heavy atom. The second-order valence-electron chi connectivity index (χ2n) is 11.7. The first kappa shape index (κ1) is 29.3. The zero-order valence-electron chi connectivity index (χ0n) is 23.6. The quantitative estimate of drug-likeness (QED) is 0.240. The maximum absolute atomic E-state index is 15.3. The van der Waals surface area contributed by atoms with E-state index in [1.54, 1.807) is 79.1 Å². The first-order valence-corrected chi connectivity index (χ1v) is 14.4. The van der Waals surface area contributed by atoms with Gasteiger partial charge in [-0.3, -0.25) is 18.4 Å². The van der Waals surface area contributed by atoms with Crippen molar-refractivity contribution in [2.75, 3.05) is 13.7 Å². The molecule has 0 bridgehead atoms. The summed E-state index contributed by atoms with van der Waals surface area (Å²) in [6.07, 6.45) is 3.68. The van der Waals surface area contributed by atoms with E-state index in [0.29, 0.717) is 29.6 Å². The molecule has 0 unspecified atom stereocenters. The minimum Gasteiger partial charge on any atom is -0.497 e. The molecule has 1 aromatic heterocycles. The fraction of sp³-hybridized carbons (Fsp3) is 0.483. The number of pyridine rings is 1. The van der Waals surface area contributed by atoms with E-state index in [4.69, 9.17) is 23.0 Å². The zero-order valence-corrected chi connectivity index (χ0v) is 24.5. The van der Waals surface area contributed by atoms with E-state index in [-0.39, 0.29) is 23.2 Å². The van der Waals surface area contributed by atoms with Gasteiger partial charge in [-0.05, 0) is 90.1 Å². The van der Waals surface area contributed by atoms with Gasteiger partial charge in [-0.25, -0.2) is 8.96 Å². The van der Waals surface area contributed by atoms with Crippen molar-refractivity contribution in [3.8, 4) is 22.6 Å². The molecule has 3 aromatic rings. The van der Waals surface area contributed by atoms with Crippen molar-refractivity contribution in [2.24, 2.45) is 5.92 Å². The minimum absolute atomic E-state index is 0.150. The highest BCUT2D eigenvalue weighted by Gasteiger charge is 2.37. The number of hydrogen-bond donors (Lipinski definition) is 0. The lowest BCUT2D eigenvalue weighted by atomic mass is 10.0. The Balaban J connectivity index is 1.85.